The second-order valence-corrected chi connectivity index (χ2v) is 8.91. The molecule has 8 heteroatoms. The molecule has 0 spiro atoms. The van der Waals surface area contributed by atoms with E-state index in [9.17, 15) is 4.79 Å². The van der Waals surface area contributed by atoms with E-state index in [1.165, 1.54) is 28.7 Å². The first-order valence-corrected chi connectivity index (χ1v) is 11.7. The van der Waals surface area contributed by atoms with Crippen LogP contribution in [-0.2, 0) is 11.2 Å². The number of ether oxygens (including phenoxy) is 1. The second-order valence-electron chi connectivity index (χ2n) is 6.71. The van der Waals surface area contributed by atoms with Gasteiger partial charge in [-0.3, -0.25) is 4.79 Å². The van der Waals surface area contributed by atoms with Crippen molar-refractivity contribution in [2.75, 3.05) is 17.7 Å². The standard InChI is InChI=1S/C22H26N4O2S2/c1-3-28-19-12-8-7-11-18(19)24-21-25-26-22(30-21)29-15-20(27)23-16(2)13-14-17-9-5-4-6-10-17/h4-12,16H,3,13-15H2,1-2H3,(H,23,27)(H,24,25)/t16-/m1/s1. The molecule has 3 aromatic rings. The summed E-state index contributed by atoms with van der Waals surface area (Å²) < 4.78 is 6.36. The van der Waals surface area contributed by atoms with Gasteiger partial charge >= 0.3 is 0 Å². The van der Waals surface area contributed by atoms with Crippen LogP contribution in [0.5, 0.6) is 5.75 Å². The first-order chi connectivity index (χ1) is 14.6. The van der Waals surface area contributed by atoms with Gasteiger partial charge in [0, 0.05) is 6.04 Å². The summed E-state index contributed by atoms with van der Waals surface area (Å²) in [6.45, 7) is 4.58. The molecule has 0 fully saturated rings. The van der Waals surface area contributed by atoms with Gasteiger partial charge in [-0.05, 0) is 44.4 Å². The van der Waals surface area contributed by atoms with Crippen molar-refractivity contribution < 1.29 is 9.53 Å². The minimum atomic E-state index is 0.00645. The van der Waals surface area contributed by atoms with Crippen molar-refractivity contribution in [1.29, 1.82) is 0 Å². The summed E-state index contributed by atoms with van der Waals surface area (Å²) in [4.78, 5) is 12.2. The highest BCUT2D eigenvalue weighted by molar-refractivity contribution is 8.01. The van der Waals surface area contributed by atoms with Crippen molar-refractivity contribution in [3.63, 3.8) is 0 Å². The summed E-state index contributed by atoms with van der Waals surface area (Å²) in [7, 11) is 0. The van der Waals surface area contributed by atoms with Crippen molar-refractivity contribution in [3.05, 3.63) is 60.2 Å². The van der Waals surface area contributed by atoms with E-state index in [1.807, 2.05) is 56.3 Å². The zero-order valence-corrected chi connectivity index (χ0v) is 18.8. The maximum atomic E-state index is 12.2. The van der Waals surface area contributed by atoms with Crippen LogP contribution in [0.1, 0.15) is 25.8 Å². The molecule has 1 atom stereocenters. The van der Waals surface area contributed by atoms with Gasteiger partial charge in [-0.1, -0.05) is 65.6 Å². The third-order valence-electron chi connectivity index (χ3n) is 4.28. The lowest BCUT2D eigenvalue weighted by Gasteiger charge is -2.13. The zero-order valence-electron chi connectivity index (χ0n) is 17.1. The molecular formula is C22H26N4O2S2. The van der Waals surface area contributed by atoms with E-state index in [4.69, 9.17) is 4.74 Å². The van der Waals surface area contributed by atoms with Crippen molar-refractivity contribution in [2.24, 2.45) is 0 Å². The van der Waals surface area contributed by atoms with Crippen molar-refractivity contribution in [1.82, 2.24) is 15.5 Å². The molecule has 158 valence electrons. The van der Waals surface area contributed by atoms with Gasteiger partial charge in [0.05, 0.1) is 18.0 Å². The van der Waals surface area contributed by atoms with Crippen molar-refractivity contribution >= 4 is 39.8 Å². The maximum absolute atomic E-state index is 12.2. The summed E-state index contributed by atoms with van der Waals surface area (Å²) >= 11 is 2.81. The lowest BCUT2D eigenvalue weighted by atomic mass is 10.1. The third-order valence-corrected chi connectivity index (χ3v) is 6.25. The average molecular weight is 443 g/mol. The van der Waals surface area contributed by atoms with Crippen LogP contribution in [-0.4, -0.2) is 34.5 Å². The first kappa shape index (κ1) is 22.1. The molecule has 0 radical (unpaired) electrons. The summed E-state index contributed by atoms with van der Waals surface area (Å²) in [5, 5.41) is 15.3. The van der Waals surface area contributed by atoms with Crippen LogP contribution in [0.15, 0.2) is 58.9 Å². The molecule has 2 N–H and O–H groups in total. The number of benzene rings is 2. The molecule has 0 aliphatic heterocycles. The highest BCUT2D eigenvalue weighted by atomic mass is 32.2. The maximum Gasteiger partial charge on any atom is 0.230 e. The fraction of sp³-hybridized carbons (Fsp3) is 0.318. The number of nitrogens with one attached hydrogen (secondary N) is 2. The molecule has 1 heterocycles. The van der Waals surface area contributed by atoms with Crippen LogP contribution in [0, 0.1) is 0 Å². The zero-order chi connectivity index (χ0) is 21.2. The third kappa shape index (κ3) is 7.03. The number of aromatic nitrogens is 2. The number of amides is 1. The van der Waals surface area contributed by atoms with E-state index < -0.39 is 0 Å². The molecule has 0 saturated carbocycles. The number of carbonyl (C=O) groups is 1. The Hall–Kier alpha value is -2.58. The van der Waals surface area contributed by atoms with Crippen LogP contribution >= 0.6 is 23.1 Å². The molecule has 0 unspecified atom stereocenters. The number of anilines is 2. The Kier molecular flexibility index (Phi) is 8.53. The molecule has 0 aliphatic rings. The topological polar surface area (TPSA) is 76.1 Å². The number of hydrogen-bond acceptors (Lipinski definition) is 7. The van der Waals surface area contributed by atoms with E-state index in [0.717, 1.165) is 28.6 Å². The number of para-hydroxylation sites is 2. The van der Waals surface area contributed by atoms with Crippen molar-refractivity contribution in [3.8, 4) is 5.75 Å². The van der Waals surface area contributed by atoms with E-state index in [1.54, 1.807) is 0 Å². The Morgan fingerprint density at radius 2 is 1.90 bits per heavy atom. The fourth-order valence-electron chi connectivity index (χ4n) is 2.83. The molecule has 0 saturated heterocycles. The Morgan fingerprint density at radius 1 is 1.13 bits per heavy atom. The van der Waals surface area contributed by atoms with Crippen LogP contribution in [0.25, 0.3) is 0 Å². The van der Waals surface area contributed by atoms with Crippen LogP contribution in [0.3, 0.4) is 0 Å². The molecule has 30 heavy (non-hydrogen) atoms. The van der Waals surface area contributed by atoms with Gasteiger partial charge in [-0.25, -0.2) is 0 Å². The SMILES string of the molecule is CCOc1ccccc1Nc1nnc(SCC(=O)N[C@H](C)CCc2ccccc2)s1. The second kappa shape index (κ2) is 11.6. The predicted molar refractivity (Wildman–Crippen MR) is 124 cm³/mol. The lowest BCUT2D eigenvalue weighted by Crippen LogP contribution is -2.34. The van der Waals surface area contributed by atoms with E-state index >= 15 is 0 Å². The average Bonchev–Trinajstić information content (AvgIpc) is 3.20. The van der Waals surface area contributed by atoms with E-state index in [2.05, 4.69) is 33.0 Å². The Balaban J connectivity index is 1.43. The molecule has 6 nitrogen and oxygen atoms in total. The summed E-state index contributed by atoms with van der Waals surface area (Å²) in [5.41, 5.74) is 2.13. The minimum Gasteiger partial charge on any atom is -0.492 e. The summed E-state index contributed by atoms with van der Waals surface area (Å²) in [6.07, 6.45) is 1.86. The van der Waals surface area contributed by atoms with Gasteiger partial charge in [0.1, 0.15) is 5.75 Å². The molecule has 0 bridgehead atoms. The lowest BCUT2D eigenvalue weighted by molar-refractivity contribution is -0.119. The summed E-state index contributed by atoms with van der Waals surface area (Å²) in [5.74, 6) is 1.10. The van der Waals surface area contributed by atoms with E-state index in [0.29, 0.717) is 17.5 Å². The quantitative estimate of drug-likeness (QED) is 0.411. The Labute approximate surface area is 185 Å². The van der Waals surface area contributed by atoms with Gasteiger partial charge in [0.2, 0.25) is 11.0 Å². The van der Waals surface area contributed by atoms with Crippen LogP contribution in [0.2, 0.25) is 0 Å². The number of aryl methyl sites for hydroxylation is 1. The van der Waals surface area contributed by atoms with Gasteiger partial charge in [0.15, 0.2) is 4.34 Å². The monoisotopic (exact) mass is 442 g/mol. The fourth-order valence-corrected chi connectivity index (χ4v) is 4.40. The number of thioether (sulfide) groups is 1. The van der Waals surface area contributed by atoms with Gasteiger partial charge in [0.25, 0.3) is 0 Å². The smallest absolute Gasteiger partial charge is 0.230 e. The normalized spacial score (nSPS) is 11.7. The molecule has 3 rings (SSSR count). The number of nitrogens with zero attached hydrogens (tertiary/aromatic N) is 2. The van der Waals surface area contributed by atoms with Crippen LogP contribution in [0.4, 0.5) is 10.8 Å². The van der Waals surface area contributed by atoms with Gasteiger partial charge in [-0.15, -0.1) is 10.2 Å². The molecule has 0 aliphatic carbocycles. The number of rotatable bonds is 11. The van der Waals surface area contributed by atoms with Gasteiger partial charge < -0.3 is 15.4 Å². The summed E-state index contributed by atoms with van der Waals surface area (Å²) in [6, 6.07) is 18.1. The Bertz CT molecular complexity index is 934. The number of carbonyl (C=O) groups excluding carboxylic acids is 1. The molecule has 1 amide bonds. The highest BCUT2D eigenvalue weighted by Gasteiger charge is 2.12. The molecule has 1 aromatic heterocycles. The first-order valence-electron chi connectivity index (χ1n) is 9.92. The molecular weight excluding hydrogens is 416 g/mol. The Morgan fingerprint density at radius 3 is 2.70 bits per heavy atom. The minimum absolute atomic E-state index is 0.00645. The van der Waals surface area contributed by atoms with Crippen LogP contribution < -0.4 is 15.4 Å². The van der Waals surface area contributed by atoms with E-state index in [-0.39, 0.29) is 11.9 Å². The highest BCUT2D eigenvalue weighted by Crippen LogP contribution is 2.31. The predicted octanol–water partition coefficient (Wildman–Crippen LogP) is 4.91. The number of hydrogen-bond donors (Lipinski definition) is 2. The van der Waals surface area contributed by atoms with Crippen molar-refractivity contribution in [2.45, 2.75) is 37.1 Å². The van der Waals surface area contributed by atoms with Gasteiger partial charge in [-0.2, -0.15) is 0 Å². The largest absolute Gasteiger partial charge is 0.492 e. The molecule has 2 aromatic carbocycles.